The Kier molecular flexibility index (Phi) is 55.7. The number of aliphatic carboxylic acids is 9. The Bertz CT molecular complexity index is 1580. The fraction of sp³-hybridized carbons (Fsp3) is 0.786. The summed E-state index contributed by atoms with van der Waals surface area (Å²) in [4.78, 5) is 83.7. The van der Waals surface area contributed by atoms with Gasteiger partial charge in [-0.2, -0.15) is 79.0 Å². The molecule has 0 atom stereocenters. The predicted octanol–water partition coefficient (Wildman–Crippen LogP) is 4.60. The Labute approximate surface area is 474 Å². The fourth-order valence-electron chi connectivity index (χ4n) is 3.79. The minimum absolute atomic E-state index is 1.21. The number of carbonyl (C=O) groups is 9. The maximum Gasteiger partial charge on any atom is 0.414 e. The van der Waals surface area contributed by atoms with Gasteiger partial charge < -0.3 is 74.5 Å². The third-order valence-electron chi connectivity index (χ3n) is 10.9. The van der Waals surface area contributed by atoms with Crippen LogP contribution in [0.4, 0.5) is 79.0 Å². The molecule has 0 aliphatic heterocycles. The SMILES string of the molecule is CC[N+](C)(CC)CC.CC[N+](C)(CC)CC.CC[N+](C)(CC)CC.O=C(O)C(=O)O.O=C(O)C(=O)O.O=C(O)C(=O)O.O=C(O)CC(C(F)(F)F)C(F)(F)F.O=C(O)CC(C(F)(F)F)C(F)(F)F.O=C(O)CC(C(F)(F)F)C(F)(F)F.[O-]B([O-])[O-]. The molecular weight excluding hydrogens is 1240 g/mol. The Morgan fingerprint density at radius 1 is 0.294 bits per heavy atom. The Morgan fingerprint density at radius 3 is 0.388 bits per heavy atom. The third-order valence-corrected chi connectivity index (χ3v) is 10.9. The van der Waals surface area contributed by atoms with E-state index < -0.39 is 135 Å². The summed E-state index contributed by atoms with van der Waals surface area (Å²) < 4.78 is 212. The molecule has 0 saturated carbocycles. The van der Waals surface area contributed by atoms with Gasteiger partial charge in [-0.3, -0.25) is 21.7 Å². The lowest BCUT2D eigenvalue weighted by Crippen LogP contribution is -2.56. The molecule has 0 radical (unpaired) electrons. The first-order chi connectivity index (χ1) is 37.4. The van der Waals surface area contributed by atoms with Crippen molar-refractivity contribution in [3.05, 3.63) is 0 Å². The average Bonchev–Trinajstić information content (AvgIpc) is 3.32. The number of hydrogen-bond donors (Lipinski definition) is 9. The first-order valence-corrected chi connectivity index (χ1v) is 23.3. The Balaban J connectivity index is -0.0000000937. The van der Waals surface area contributed by atoms with Gasteiger partial charge in [0.25, 0.3) is 0 Å². The van der Waals surface area contributed by atoms with Crippen molar-refractivity contribution in [3.63, 3.8) is 0 Å². The van der Waals surface area contributed by atoms with Crippen LogP contribution in [0.15, 0.2) is 0 Å². The number of hydrogen-bond acceptors (Lipinski definition) is 12. The molecule has 0 rings (SSSR count). The summed E-state index contributed by atoms with van der Waals surface area (Å²) in [5, 5.41) is 93.0. The highest BCUT2D eigenvalue weighted by Crippen LogP contribution is 2.43. The van der Waals surface area contributed by atoms with E-state index in [1.54, 1.807) is 0 Å². The molecule has 0 unspecified atom stereocenters. The Hall–Kier alpha value is -6.21. The van der Waals surface area contributed by atoms with Gasteiger partial charge in [-0.15, -0.1) is 0 Å². The van der Waals surface area contributed by atoms with E-state index in [0.29, 0.717) is 0 Å². The lowest BCUT2D eigenvalue weighted by atomic mass is 10.1. The number of carboxylic acids is 9. The van der Waals surface area contributed by atoms with Gasteiger partial charge in [0.05, 0.1) is 99.3 Å². The second kappa shape index (κ2) is 47.0. The van der Waals surface area contributed by atoms with Crippen LogP contribution in [0.25, 0.3) is 0 Å². The van der Waals surface area contributed by atoms with Crippen molar-refractivity contribution in [1.82, 2.24) is 0 Å². The first kappa shape index (κ1) is 101. The number of carboxylic acid groups (broad SMARTS) is 9. The molecule has 0 saturated heterocycles. The van der Waals surface area contributed by atoms with Gasteiger partial charge in [0.1, 0.15) is 0 Å². The fourth-order valence-corrected chi connectivity index (χ4v) is 3.79. The minimum atomic E-state index is -5.57. The van der Waals surface area contributed by atoms with Gasteiger partial charge in [-0.1, -0.05) is 0 Å². The molecule has 0 bridgehead atoms. The number of alkyl halides is 18. The topological polar surface area (TPSA) is 405 Å². The van der Waals surface area contributed by atoms with Crippen molar-refractivity contribution in [2.24, 2.45) is 17.8 Å². The van der Waals surface area contributed by atoms with Crippen molar-refractivity contribution in [3.8, 4) is 0 Å². The highest BCUT2D eigenvalue weighted by molar-refractivity contribution is 6.28. The maximum atomic E-state index is 11.6. The summed E-state index contributed by atoms with van der Waals surface area (Å²) >= 11 is 0. The quantitative estimate of drug-likeness (QED) is 0.0468. The molecule has 0 fully saturated rings. The molecule has 85 heavy (non-hydrogen) atoms. The van der Waals surface area contributed by atoms with Crippen LogP contribution in [-0.2, 0) is 43.2 Å². The number of halogens is 18. The van der Waals surface area contributed by atoms with E-state index in [-0.39, 0.29) is 0 Å². The molecule has 0 amide bonds. The van der Waals surface area contributed by atoms with E-state index in [2.05, 4.69) is 83.5 Å². The zero-order valence-corrected chi connectivity index (χ0v) is 47.4. The second-order valence-corrected chi connectivity index (χ2v) is 16.5. The molecule has 9 N–H and O–H groups in total. The zero-order chi connectivity index (χ0) is 71.5. The molecule has 0 aliphatic rings. The van der Waals surface area contributed by atoms with E-state index in [1.807, 2.05) is 0 Å². The zero-order valence-electron chi connectivity index (χ0n) is 47.4. The van der Waals surface area contributed by atoms with Crippen LogP contribution < -0.4 is 15.1 Å². The van der Waals surface area contributed by atoms with Crippen molar-refractivity contribution in [1.29, 1.82) is 0 Å². The van der Waals surface area contributed by atoms with Gasteiger partial charge in [0.15, 0.2) is 17.8 Å². The smallest absolute Gasteiger partial charge is 0.414 e. The molecule has 0 aromatic heterocycles. The summed E-state index contributed by atoms with van der Waals surface area (Å²) in [7, 11) is 3.96. The van der Waals surface area contributed by atoms with E-state index in [1.165, 1.54) is 72.4 Å². The summed E-state index contributed by atoms with van der Waals surface area (Å²) in [6.45, 7) is 31.5. The molecule has 43 heteroatoms. The Morgan fingerprint density at radius 2 is 0.376 bits per heavy atom. The summed E-state index contributed by atoms with van der Waals surface area (Å²) in [6.07, 6.45) is -39.4. The van der Waals surface area contributed by atoms with Crippen molar-refractivity contribution < 1.29 is 197 Å². The van der Waals surface area contributed by atoms with Crippen molar-refractivity contribution in [2.75, 3.05) is 80.0 Å². The molecule has 24 nitrogen and oxygen atoms in total. The van der Waals surface area contributed by atoms with Crippen LogP contribution in [0.3, 0.4) is 0 Å². The molecule has 0 aromatic rings. The van der Waals surface area contributed by atoms with Crippen LogP contribution in [0.1, 0.15) is 81.6 Å². The lowest BCUT2D eigenvalue weighted by molar-refractivity contribution is -0.904. The van der Waals surface area contributed by atoms with Gasteiger partial charge in [-0.05, 0) is 62.3 Å². The minimum Gasteiger partial charge on any atom is -0.907 e. The van der Waals surface area contributed by atoms with Crippen LogP contribution >= 0.6 is 0 Å². The maximum absolute atomic E-state index is 11.6. The number of quaternary nitrogens is 3. The average molecular weight is 1310 g/mol. The summed E-state index contributed by atoms with van der Waals surface area (Å²) in [6, 6.07) is 0. The van der Waals surface area contributed by atoms with E-state index in [9.17, 15) is 93.4 Å². The molecule has 510 valence electrons. The number of rotatable bonds is 15. The molecule has 0 aromatic carbocycles. The molecule has 0 spiro atoms. The van der Waals surface area contributed by atoms with Crippen LogP contribution in [0, 0.1) is 17.8 Å². The second-order valence-electron chi connectivity index (χ2n) is 16.5. The highest BCUT2D eigenvalue weighted by atomic mass is 19.4. The molecule has 0 aliphatic carbocycles. The summed E-state index contributed by atoms with van der Waals surface area (Å²) in [5.74, 6) is -28.7. The van der Waals surface area contributed by atoms with Gasteiger partial charge in [0.2, 0.25) is 0 Å². The molecule has 0 heterocycles. The van der Waals surface area contributed by atoms with Crippen molar-refractivity contribution >= 4 is 61.0 Å². The van der Waals surface area contributed by atoms with Crippen molar-refractivity contribution in [2.45, 2.75) is 119 Å². The third kappa shape index (κ3) is 68.5. The van der Waals surface area contributed by atoms with Crippen LogP contribution in [-0.4, -0.2) is 238 Å². The number of nitrogens with zero attached hydrogens (tertiary/aromatic N) is 3. The predicted molar refractivity (Wildman–Crippen MR) is 249 cm³/mol. The molecular formula is C42H72BF18N3O21. The largest absolute Gasteiger partial charge is 0.907 e. The van der Waals surface area contributed by atoms with Crippen LogP contribution in [0.5, 0.6) is 0 Å². The summed E-state index contributed by atoms with van der Waals surface area (Å²) in [5.41, 5.74) is 0. The highest BCUT2D eigenvalue weighted by Gasteiger charge is 2.59. The standard InChI is InChI=1S/3C7H18N.3C5H4F6O2.3C2H2O4.BO3/c3*1-5-8(4,6-2)7-3;3*6-4(7,8)2(1-3(12)13)5(9,10)11;3*3-1(4)2(5)6;2-1(3)4/h3*5-7H2,1-4H3;3*2H,1H2,(H,12,13);3*(H,3,4)(H,5,6);/q3*+1;;;;;;;-3. The van der Waals surface area contributed by atoms with Gasteiger partial charge >= 0.3 is 90.8 Å². The monoisotopic (exact) mass is 1310 g/mol. The van der Waals surface area contributed by atoms with E-state index in [4.69, 9.17) is 89.8 Å². The van der Waals surface area contributed by atoms with Gasteiger partial charge in [-0.25, -0.2) is 28.8 Å². The van der Waals surface area contributed by atoms with E-state index in [0.717, 1.165) is 0 Å². The van der Waals surface area contributed by atoms with Crippen LogP contribution in [0.2, 0.25) is 0 Å². The van der Waals surface area contributed by atoms with Gasteiger partial charge in [0, 0.05) is 0 Å². The van der Waals surface area contributed by atoms with E-state index >= 15 is 0 Å². The lowest BCUT2D eigenvalue weighted by Gasteiger charge is -2.35. The first-order valence-electron chi connectivity index (χ1n) is 23.3. The normalized spacial score (nSPS) is 11.4.